The summed E-state index contributed by atoms with van der Waals surface area (Å²) < 4.78 is 29.4. The predicted octanol–water partition coefficient (Wildman–Crippen LogP) is 4.06. The lowest BCUT2D eigenvalue weighted by Gasteiger charge is -2.42. The van der Waals surface area contributed by atoms with Crippen LogP contribution in [0.4, 0.5) is 10.5 Å². The van der Waals surface area contributed by atoms with E-state index in [1.807, 2.05) is 13.0 Å². The molecule has 6 rings (SSSR count). The summed E-state index contributed by atoms with van der Waals surface area (Å²) in [5, 5.41) is 13.9. The number of methoxy groups -OCH3 is 2. The van der Waals surface area contributed by atoms with E-state index in [0.29, 0.717) is 50.1 Å². The molecule has 20 heteroatoms. The minimum atomic E-state index is -1.87. The molecule has 4 bridgehead atoms. The first-order chi connectivity index (χ1) is 31.6. The molecule has 4 heterocycles. The molecule has 1 aliphatic carbocycles. The van der Waals surface area contributed by atoms with Crippen molar-refractivity contribution in [3.63, 3.8) is 0 Å². The number of rotatable bonds is 12. The van der Waals surface area contributed by atoms with E-state index in [9.17, 15) is 38.7 Å². The Labute approximate surface area is 400 Å². The Hall–Kier alpha value is -4.69. The number of primary amides is 1. The van der Waals surface area contributed by atoms with Gasteiger partial charge in [0.1, 0.15) is 40.7 Å². The van der Waals surface area contributed by atoms with Crippen LogP contribution in [0.3, 0.4) is 0 Å². The van der Waals surface area contributed by atoms with Gasteiger partial charge in [-0.15, -0.1) is 11.8 Å². The van der Waals surface area contributed by atoms with Crippen molar-refractivity contribution in [1.82, 2.24) is 15.1 Å². The van der Waals surface area contributed by atoms with Crippen molar-refractivity contribution in [2.75, 3.05) is 45.5 Å². The van der Waals surface area contributed by atoms with Gasteiger partial charge in [-0.3, -0.25) is 34.2 Å². The molecule has 0 radical (unpaired) electrons. The van der Waals surface area contributed by atoms with E-state index in [0.717, 1.165) is 11.1 Å². The Morgan fingerprint density at radius 3 is 2.46 bits per heavy atom. The molecular formula is C47H64ClN5O13S. The van der Waals surface area contributed by atoms with Crippen LogP contribution in [0.1, 0.15) is 84.6 Å². The van der Waals surface area contributed by atoms with Gasteiger partial charge >= 0.3 is 12.1 Å². The number of hydrogen-bond acceptors (Lipinski definition) is 14. The summed E-state index contributed by atoms with van der Waals surface area (Å²) in [6, 6.07) is 2.42. The fourth-order valence-electron chi connectivity index (χ4n) is 9.55. The maximum absolute atomic E-state index is 14.3. The predicted molar refractivity (Wildman–Crippen MR) is 248 cm³/mol. The Balaban J connectivity index is 1.16. The first-order valence-electron chi connectivity index (χ1n) is 22.7. The fraction of sp³-hybridized carbons (Fsp3) is 0.638. The van der Waals surface area contributed by atoms with Crippen LogP contribution in [0.5, 0.6) is 5.75 Å². The van der Waals surface area contributed by atoms with E-state index in [2.05, 4.69) is 5.32 Å². The summed E-state index contributed by atoms with van der Waals surface area (Å²) >= 11 is 8.02. The number of alkyl carbamates (subject to hydrolysis) is 1. The van der Waals surface area contributed by atoms with Gasteiger partial charge in [0, 0.05) is 64.6 Å². The minimum Gasteiger partial charge on any atom is -0.495 e. The molecule has 0 spiro atoms. The van der Waals surface area contributed by atoms with E-state index in [1.54, 1.807) is 45.2 Å². The molecule has 1 aromatic carbocycles. The highest BCUT2D eigenvalue weighted by atomic mass is 35.5. The number of carbonyl (C=O) groups excluding carboxylic acids is 7. The number of amides is 6. The summed E-state index contributed by atoms with van der Waals surface area (Å²) in [7, 11) is 5.89. The highest BCUT2D eigenvalue weighted by Crippen LogP contribution is 2.49. The Morgan fingerprint density at radius 1 is 1.10 bits per heavy atom. The number of likely N-dealkylation sites (tertiary alicyclic amines) is 1. The van der Waals surface area contributed by atoms with Crippen LogP contribution in [-0.4, -0.2) is 144 Å². The van der Waals surface area contributed by atoms with Crippen molar-refractivity contribution in [3.8, 4) is 5.75 Å². The molecule has 1 aromatic rings. The van der Waals surface area contributed by atoms with Gasteiger partial charge in [0.05, 0.1) is 30.6 Å². The van der Waals surface area contributed by atoms with Gasteiger partial charge in [0.25, 0.3) is 0 Å². The monoisotopic (exact) mass is 973 g/mol. The number of ether oxygens (including phenoxy) is 5. The first-order valence-corrected chi connectivity index (χ1v) is 24.1. The number of imide groups is 1. The molecule has 6 amide bonds. The molecule has 3 saturated heterocycles. The molecular weight excluding hydrogens is 910 g/mol. The topological polar surface area (TPSA) is 237 Å². The average molecular weight is 975 g/mol. The lowest BCUT2D eigenvalue weighted by Crippen LogP contribution is -2.63. The standard InChI is InChI=1S/C47H64ClN5O13S/c1-25-10-9-11-35(63-8)47(61)23-33(64-45(60)50-47)26(2)41-46(4,66-41)36(22-38(55)52(6)31-19-29(18-25)20-32(62-7)40(31)48)65-44(59)27(3)51(5)37(54)16-17-67-34-21-39(56)53(43(34)58)24-28-12-14-30(15-13-28)42(49)57/h9-11,19-20,26-28,30,33-36,41,61H,12-18,21-24H2,1-8H3,(H2,49,57)(H,50,60)/b11-9+,25-10+/t26-,27-,28?,30?,33+,34?,35-,36+,41+,46+,47+/m1/s1. The van der Waals surface area contributed by atoms with Gasteiger partial charge in [0.15, 0.2) is 5.72 Å². The molecule has 4 N–H and O–H groups in total. The second kappa shape index (κ2) is 21.3. The molecule has 4 aliphatic heterocycles. The molecule has 5 aliphatic rings. The van der Waals surface area contributed by atoms with Crippen LogP contribution in [0.15, 0.2) is 35.9 Å². The number of aliphatic hydroxyl groups is 1. The first kappa shape index (κ1) is 51.7. The smallest absolute Gasteiger partial charge is 0.409 e. The third kappa shape index (κ3) is 11.6. The van der Waals surface area contributed by atoms with Crippen LogP contribution in [-0.2, 0) is 54.1 Å². The van der Waals surface area contributed by atoms with E-state index in [1.165, 1.54) is 54.7 Å². The fourth-order valence-corrected chi connectivity index (χ4v) is 11.0. The average Bonchev–Trinajstić information content (AvgIpc) is 3.91. The number of anilines is 1. The van der Waals surface area contributed by atoms with E-state index >= 15 is 0 Å². The van der Waals surface area contributed by atoms with E-state index < -0.39 is 76.8 Å². The third-order valence-corrected chi connectivity index (χ3v) is 15.6. The van der Waals surface area contributed by atoms with Crippen LogP contribution in [0, 0.1) is 17.8 Å². The van der Waals surface area contributed by atoms with Crippen molar-refractivity contribution >= 4 is 70.6 Å². The summed E-state index contributed by atoms with van der Waals surface area (Å²) in [6.45, 7) is 7.16. The van der Waals surface area contributed by atoms with Gasteiger partial charge in [0.2, 0.25) is 29.5 Å². The van der Waals surface area contributed by atoms with Gasteiger partial charge < -0.3 is 44.3 Å². The van der Waals surface area contributed by atoms with Crippen molar-refractivity contribution < 1.29 is 62.4 Å². The van der Waals surface area contributed by atoms with Crippen LogP contribution in [0.2, 0.25) is 5.02 Å². The Morgan fingerprint density at radius 2 is 1.81 bits per heavy atom. The summed E-state index contributed by atoms with van der Waals surface area (Å²) in [6.07, 6.45) is 3.11. The summed E-state index contributed by atoms with van der Waals surface area (Å²) in [4.78, 5) is 96.5. The maximum atomic E-state index is 14.3. The number of likely N-dealkylation sites (N-methyl/N-ethyl adjacent to an activating group) is 1. The lowest BCUT2D eigenvalue weighted by molar-refractivity contribution is -0.162. The molecule has 9 atom stereocenters. The highest BCUT2D eigenvalue weighted by Gasteiger charge is 2.64. The molecule has 1 unspecified atom stereocenters. The van der Waals surface area contributed by atoms with Gasteiger partial charge in [-0.1, -0.05) is 42.3 Å². The number of allylic oxidation sites excluding steroid dienone is 3. The second-order valence-electron chi connectivity index (χ2n) is 18.7. The van der Waals surface area contributed by atoms with Crippen LogP contribution >= 0.6 is 23.4 Å². The summed E-state index contributed by atoms with van der Waals surface area (Å²) in [5.74, 6) is -2.71. The zero-order valence-corrected chi connectivity index (χ0v) is 41.0. The largest absolute Gasteiger partial charge is 0.495 e. The molecule has 1 saturated carbocycles. The van der Waals surface area contributed by atoms with Crippen molar-refractivity contribution in [1.29, 1.82) is 0 Å². The Bertz CT molecular complexity index is 2170. The number of fused-ring (bicyclic) bond motifs is 5. The van der Waals surface area contributed by atoms with Crippen molar-refractivity contribution in [2.45, 2.75) is 133 Å². The van der Waals surface area contributed by atoms with Crippen molar-refractivity contribution in [3.05, 3.63) is 46.5 Å². The number of esters is 1. The van der Waals surface area contributed by atoms with E-state index in [4.69, 9.17) is 41.0 Å². The molecule has 18 nitrogen and oxygen atoms in total. The molecule has 0 aromatic heterocycles. The number of carbonyl (C=O) groups is 7. The number of nitrogens with one attached hydrogen (secondary N) is 1. The number of hydrogen-bond donors (Lipinski definition) is 3. The number of benzene rings is 1. The SMILES string of the molecule is COc1cc2cc(c1Cl)N(C)C(=O)C[C@H](OC(=O)[C@@H](C)N(C)C(=O)CCSC1CC(=O)N(CC3CCC(C(N)=O)CC3)C1=O)[C@]1(C)O[C@H]1[C@H](C)[C@@H]1C[C@@](O)(NC(=O)O1)[C@H](OC)/C=C/C=C(\C)C2. The number of halogens is 1. The second-order valence-corrected chi connectivity index (χ2v) is 20.4. The van der Waals surface area contributed by atoms with E-state index in [-0.39, 0.29) is 66.0 Å². The number of epoxide rings is 1. The molecule has 67 heavy (non-hydrogen) atoms. The van der Waals surface area contributed by atoms with Gasteiger partial charge in [-0.25, -0.2) is 9.59 Å². The zero-order valence-electron chi connectivity index (χ0n) is 39.4. The Kier molecular flexibility index (Phi) is 16.4. The van der Waals surface area contributed by atoms with Gasteiger partial charge in [-0.05, 0) is 76.5 Å². The van der Waals surface area contributed by atoms with Crippen LogP contribution in [0.25, 0.3) is 0 Å². The molecule has 4 fully saturated rings. The quantitative estimate of drug-likeness (QED) is 0.152. The summed E-state index contributed by atoms with van der Waals surface area (Å²) in [5.41, 5.74) is 4.31. The van der Waals surface area contributed by atoms with Crippen LogP contribution < -0.4 is 20.7 Å². The zero-order chi connectivity index (χ0) is 49.1. The highest BCUT2D eigenvalue weighted by molar-refractivity contribution is 8.00. The maximum Gasteiger partial charge on any atom is 0.409 e. The van der Waals surface area contributed by atoms with Crippen molar-refractivity contribution in [2.24, 2.45) is 23.5 Å². The number of nitrogens with zero attached hydrogens (tertiary/aromatic N) is 3. The third-order valence-electron chi connectivity index (χ3n) is 14.1. The number of nitrogens with two attached hydrogens (primary N) is 1. The normalized spacial score (nSPS) is 33.1. The van der Waals surface area contributed by atoms with Gasteiger partial charge in [-0.2, -0.15) is 0 Å². The lowest BCUT2D eigenvalue weighted by atomic mass is 9.81. The molecule has 368 valence electrons. The minimum absolute atomic E-state index is 0.0246. The number of thioether (sulfide) groups is 1.